The maximum absolute atomic E-state index is 14.6. The van der Waals surface area contributed by atoms with Crippen molar-refractivity contribution in [3.8, 4) is 11.4 Å². The topological polar surface area (TPSA) is 122 Å². The Kier molecular flexibility index (Phi) is 8.13. The second kappa shape index (κ2) is 12.0. The normalized spacial score (nSPS) is 19.0. The highest BCUT2D eigenvalue weighted by Crippen LogP contribution is 2.32. The molecular weight excluding hydrogens is 535 g/mol. The van der Waals surface area contributed by atoms with E-state index in [2.05, 4.69) is 46.4 Å². The number of H-pyrrole nitrogens is 1. The molecule has 4 N–H and O–H groups in total. The molecule has 11 heteroatoms. The number of carbonyl (C=O) groups is 1. The van der Waals surface area contributed by atoms with Crippen LogP contribution in [0.25, 0.3) is 11.4 Å². The van der Waals surface area contributed by atoms with Crippen LogP contribution < -0.4 is 15.5 Å². The molecule has 0 spiro atoms. The number of aromatic amines is 1. The fourth-order valence-corrected chi connectivity index (χ4v) is 6.62. The summed E-state index contributed by atoms with van der Waals surface area (Å²) in [5.41, 5.74) is 2.33. The van der Waals surface area contributed by atoms with E-state index in [9.17, 15) is 14.3 Å². The third-order valence-corrected chi connectivity index (χ3v) is 8.76. The van der Waals surface area contributed by atoms with Gasteiger partial charge in [0.1, 0.15) is 11.5 Å². The molecule has 3 aromatic heterocycles. The number of anilines is 3. The van der Waals surface area contributed by atoms with Gasteiger partial charge in [0.2, 0.25) is 5.95 Å². The molecule has 0 aliphatic carbocycles. The van der Waals surface area contributed by atoms with Crippen LogP contribution in [0.4, 0.5) is 21.8 Å². The van der Waals surface area contributed by atoms with Crippen molar-refractivity contribution < 1.29 is 14.3 Å². The number of nitrogens with one attached hydrogen (secondary N) is 3. The number of likely N-dealkylation sites (tertiary alicyclic amines) is 1. The van der Waals surface area contributed by atoms with Crippen LogP contribution in [0.5, 0.6) is 0 Å². The quantitative estimate of drug-likeness (QED) is 0.316. The summed E-state index contributed by atoms with van der Waals surface area (Å²) < 4.78 is 14.6. The molecule has 0 unspecified atom stereocenters. The van der Waals surface area contributed by atoms with E-state index in [4.69, 9.17) is 0 Å². The standard InChI is InChI=1S/C31H41FN8O2/c1-31(2,42)19-39-11-6-20(7-12-39)15-21-8-13-40(14-9-21)22-3-4-27(34-17-22)37-30-35-18-24(32)28(38-30)26-16-23-25(36-26)5-10-33-29(23)41/h3-4,16-18,20-21,36,42H,5-15,19H2,1-2H3,(H,33,41)(H,34,35,37,38). The largest absolute Gasteiger partial charge is 0.389 e. The smallest absolute Gasteiger partial charge is 0.253 e. The van der Waals surface area contributed by atoms with Gasteiger partial charge >= 0.3 is 0 Å². The number of aromatic nitrogens is 4. The van der Waals surface area contributed by atoms with Crippen molar-refractivity contribution in [1.29, 1.82) is 0 Å². The zero-order valence-corrected chi connectivity index (χ0v) is 24.5. The van der Waals surface area contributed by atoms with E-state index in [0.29, 0.717) is 30.0 Å². The summed E-state index contributed by atoms with van der Waals surface area (Å²) in [5, 5.41) is 16.0. The number of pyridine rings is 1. The Bertz CT molecular complexity index is 1390. The number of piperidine rings is 2. The second-order valence-electron chi connectivity index (χ2n) is 12.7. The van der Waals surface area contributed by atoms with E-state index < -0.39 is 11.4 Å². The number of amides is 1. The molecule has 10 nitrogen and oxygen atoms in total. The number of aliphatic hydroxyl groups is 1. The molecule has 0 saturated carbocycles. The van der Waals surface area contributed by atoms with E-state index in [1.165, 1.54) is 32.1 Å². The number of rotatable bonds is 8. The summed E-state index contributed by atoms with van der Waals surface area (Å²) in [6, 6.07) is 5.58. The van der Waals surface area contributed by atoms with Gasteiger partial charge in [0.05, 0.1) is 34.9 Å². The predicted molar refractivity (Wildman–Crippen MR) is 160 cm³/mol. The molecule has 6 heterocycles. The minimum atomic E-state index is -0.620. The van der Waals surface area contributed by atoms with Crippen molar-refractivity contribution in [1.82, 2.24) is 30.2 Å². The fraction of sp³-hybridized carbons (Fsp3) is 0.548. The van der Waals surface area contributed by atoms with Crippen molar-refractivity contribution in [2.45, 2.75) is 58.0 Å². The summed E-state index contributed by atoms with van der Waals surface area (Å²) in [7, 11) is 0. The number of halogens is 1. The molecule has 3 aliphatic heterocycles. The first-order valence-electron chi connectivity index (χ1n) is 15.2. The highest BCUT2D eigenvalue weighted by atomic mass is 19.1. The zero-order chi connectivity index (χ0) is 29.3. The lowest BCUT2D eigenvalue weighted by atomic mass is 9.82. The molecule has 0 bridgehead atoms. The second-order valence-corrected chi connectivity index (χ2v) is 12.7. The zero-order valence-electron chi connectivity index (χ0n) is 24.5. The van der Waals surface area contributed by atoms with Gasteiger partial charge in [0.15, 0.2) is 5.82 Å². The van der Waals surface area contributed by atoms with E-state index in [1.54, 1.807) is 6.07 Å². The fourth-order valence-electron chi connectivity index (χ4n) is 6.62. The molecular formula is C31H41FN8O2. The first-order valence-corrected chi connectivity index (χ1v) is 15.2. The van der Waals surface area contributed by atoms with Gasteiger partial charge in [-0.15, -0.1) is 0 Å². The lowest BCUT2D eigenvalue weighted by molar-refractivity contribution is 0.0226. The Labute approximate surface area is 246 Å². The van der Waals surface area contributed by atoms with Crippen LogP contribution in [0, 0.1) is 17.7 Å². The number of carbonyl (C=O) groups excluding carboxylic acids is 1. The Morgan fingerprint density at radius 3 is 2.48 bits per heavy atom. The predicted octanol–water partition coefficient (Wildman–Crippen LogP) is 4.12. The lowest BCUT2D eigenvalue weighted by Crippen LogP contribution is -2.43. The average molecular weight is 577 g/mol. The van der Waals surface area contributed by atoms with Crippen LogP contribution in [0.2, 0.25) is 0 Å². The molecule has 1 amide bonds. The maximum Gasteiger partial charge on any atom is 0.253 e. The first kappa shape index (κ1) is 28.5. The summed E-state index contributed by atoms with van der Waals surface area (Å²) in [6.45, 7) is 9.33. The van der Waals surface area contributed by atoms with Gasteiger partial charge in [-0.3, -0.25) is 4.79 Å². The molecule has 0 radical (unpaired) electrons. The summed E-state index contributed by atoms with van der Waals surface area (Å²) in [4.78, 5) is 33.1. The highest BCUT2D eigenvalue weighted by Gasteiger charge is 2.28. The van der Waals surface area contributed by atoms with Crippen LogP contribution in [0.1, 0.15) is 62.0 Å². The van der Waals surface area contributed by atoms with Gasteiger partial charge < -0.3 is 30.5 Å². The van der Waals surface area contributed by atoms with Crippen LogP contribution >= 0.6 is 0 Å². The van der Waals surface area contributed by atoms with Crippen molar-refractivity contribution in [3.63, 3.8) is 0 Å². The summed E-state index contributed by atoms with van der Waals surface area (Å²) in [6.07, 6.45) is 9.82. The molecule has 224 valence electrons. The van der Waals surface area contributed by atoms with Crippen LogP contribution in [-0.2, 0) is 6.42 Å². The number of hydrogen-bond acceptors (Lipinski definition) is 8. The number of nitrogens with zero attached hydrogens (tertiary/aromatic N) is 5. The van der Waals surface area contributed by atoms with Gasteiger partial charge in [0.25, 0.3) is 5.91 Å². The van der Waals surface area contributed by atoms with E-state index >= 15 is 0 Å². The molecule has 2 fully saturated rings. The van der Waals surface area contributed by atoms with Crippen LogP contribution in [-0.4, -0.2) is 80.7 Å². The van der Waals surface area contributed by atoms with Gasteiger partial charge in [0, 0.05) is 38.3 Å². The number of fused-ring (bicyclic) bond motifs is 1. The van der Waals surface area contributed by atoms with Gasteiger partial charge in [-0.25, -0.2) is 19.3 Å². The molecule has 6 rings (SSSR count). The van der Waals surface area contributed by atoms with Crippen molar-refractivity contribution in [3.05, 3.63) is 47.7 Å². The first-order chi connectivity index (χ1) is 20.2. The monoisotopic (exact) mass is 576 g/mol. The Morgan fingerprint density at radius 1 is 1.07 bits per heavy atom. The average Bonchev–Trinajstić information content (AvgIpc) is 3.41. The summed E-state index contributed by atoms with van der Waals surface area (Å²) in [5.74, 6) is 1.64. The minimum Gasteiger partial charge on any atom is -0.389 e. The SMILES string of the molecule is CC(C)(O)CN1CCC(CC2CCN(c3ccc(Nc4ncc(F)c(-c5cc6c([nH]5)CCNC6=O)n4)nc3)CC2)CC1. The van der Waals surface area contributed by atoms with Gasteiger partial charge in [-0.05, 0) is 89.1 Å². The van der Waals surface area contributed by atoms with Crippen molar-refractivity contribution >= 4 is 23.4 Å². The van der Waals surface area contributed by atoms with E-state index in [-0.39, 0.29) is 17.5 Å². The van der Waals surface area contributed by atoms with Gasteiger partial charge in [-0.1, -0.05) is 0 Å². The molecule has 3 aliphatic rings. The maximum atomic E-state index is 14.6. The Morgan fingerprint density at radius 2 is 1.81 bits per heavy atom. The van der Waals surface area contributed by atoms with Crippen LogP contribution in [0.15, 0.2) is 30.6 Å². The van der Waals surface area contributed by atoms with E-state index in [0.717, 1.165) is 62.1 Å². The van der Waals surface area contributed by atoms with Gasteiger partial charge in [-0.2, -0.15) is 0 Å². The number of β-amino-alcohol motifs (C(OH)–C–C–N with tert-alkyl or cyclic N) is 1. The summed E-state index contributed by atoms with van der Waals surface area (Å²) >= 11 is 0. The van der Waals surface area contributed by atoms with E-state index in [1.807, 2.05) is 26.1 Å². The molecule has 3 aromatic rings. The third kappa shape index (κ3) is 6.73. The highest BCUT2D eigenvalue weighted by molar-refractivity contribution is 5.97. The molecule has 0 atom stereocenters. The molecule has 2 saturated heterocycles. The molecule has 0 aromatic carbocycles. The Balaban J connectivity index is 1.01. The Hall–Kier alpha value is -3.57. The molecule has 42 heavy (non-hydrogen) atoms. The lowest BCUT2D eigenvalue weighted by Gasteiger charge is -2.38. The van der Waals surface area contributed by atoms with Crippen LogP contribution in [0.3, 0.4) is 0 Å². The minimum absolute atomic E-state index is 0.105. The third-order valence-electron chi connectivity index (χ3n) is 8.76. The number of hydrogen-bond donors (Lipinski definition) is 4. The van der Waals surface area contributed by atoms with Crippen molar-refractivity contribution in [2.75, 3.05) is 49.5 Å². The van der Waals surface area contributed by atoms with Crippen molar-refractivity contribution in [2.24, 2.45) is 11.8 Å².